The normalized spacial score (nSPS) is 14.8. The van der Waals surface area contributed by atoms with E-state index in [0.29, 0.717) is 50.3 Å². The van der Waals surface area contributed by atoms with Gasteiger partial charge in [-0.3, -0.25) is 4.79 Å². The Kier molecular flexibility index (Phi) is 5.21. The number of para-hydroxylation sites is 2. The van der Waals surface area contributed by atoms with Crippen LogP contribution in [0.1, 0.15) is 17.2 Å². The number of rotatable bonds is 5. The van der Waals surface area contributed by atoms with Crippen LogP contribution >= 0.6 is 0 Å². The Morgan fingerprint density at radius 1 is 1.14 bits per heavy atom. The summed E-state index contributed by atoms with van der Waals surface area (Å²) in [5, 5.41) is 13.7. The number of aliphatic carboxylic acids is 1. The van der Waals surface area contributed by atoms with Crippen molar-refractivity contribution < 1.29 is 23.1 Å². The van der Waals surface area contributed by atoms with E-state index in [1.54, 1.807) is 54.3 Å². The minimum Gasteiger partial charge on any atom is -0.495 e. The van der Waals surface area contributed by atoms with Crippen LogP contribution in [0.2, 0.25) is 0 Å². The number of carboxylic acid groups (broad SMARTS) is 1. The molecule has 0 saturated heterocycles. The summed E-state index contributed by atoms with van der Waals surface area (Å²) in [5.41, 5.74) is 3.37. The second-order valence-corrected chi connectivity index (χ2v) is 10.8. The monoisotopic (exact) mass is 493 g/mol. The van der Waals surface area contributed by atoms with Crippen LogP contribution in [-0.4, -0.2) is 42.0 Å². The van der Waals surface area contributed by atoms with E-state index in [2.05, 4.69) is 5.32 Å². The number of ether oxygens (including phenoxy) is 1. The third kappa shape index (κ3) is 3.75. The van der Waals surface area contributed by atoms with Crippen molar-refractivity contribution in [2.75, 3.05) is 18.7 Å². The van der Waals surface area contributed by atoms with Crippen molar-refractivity contribution in [3.63, 3.8) is 0 Å². The van der Waals surface area contributed by atoms with Crippen molar-refractivity contribution in [2.45, 2.75) is 11.8 Å². The molecule has 0 bridgehead atoms. The van der Waals surface area contributed by atoms with E-state index in [0.717, 1.165) is 6.26 Å². The first-order valence-corrected chi connectivity index (χ1v) is 12.8. The number of fused-ring (bicyclic) bond motifs is 2. The van der Waals surface area contributed by atoms with Crippen molar-refractivity contribution in [1.29, 1.82) is 0 Å². The van der Waals surface area contributed by atoms with E-state index in [4.69, 9.17) is 4.74 Å². The molecule has 180 valence electrons. The van der Waals surface area contributed by atoms with Crippen LogP contribution < -0.4 is 15.6 Å². The number of methoxy groups -OCH3 is 1. The van der Waals surface area contributed by atoms with Gasteiger partial charge in [0.1, 0.15) is 11.3 Å². The highest BCUT2D eigenvalue weighted by atomic mass is 32.2. The van der Waals surface area contributed by atoms with E-state index < -0.39 is 21.8 Å². The van der Waals surface area contributed by atoms with Gasteiger partial charge < -0.3 is 24.3 Å². The molecule has 9 nitrogen and oxygen atoms in total. The van der Waals surface area contributed by atoms with Crippen LogP contribution in [0, 0.1) is 0 Å². The summed E-state index contributed by atoms with van der Waals surface area (Å²) < 4.78 is 32.5. The van der Waals surface area contributed by atoms with E-state index in [1.807, 2.05) is 12.1 Å². The van der Waals surface area contributed by atoms with Crippen molar-refractivity contribution in [2.24, 2.45) is 7.05 Å². The second kappa shape index (κ2) is 8.02. The van der Waals surface area contributed by atoms with Crippen LogP contribution in [0.15, 0.2) is 59.7 Å². The fraction of sp³-hybridized carbons (Fsp3) is 0.200. The van der Waals surface area contributed by atoms with E-state index in [1.165, 1.54) is 11.7 Å². The van der Waals surface area contributed by atoms with Crippen LogP contribution in [0.5, 0.6) is 5.75 Å². The molecular formula is C25H23N3O6S. The molecule has 0 saturated carbocycles. The highest BCUT2D eigenvalue weighted by molar-refractivity contribution is 7.89. The van der Waals surface area contributed by atoms with Crippen LogP contribution in [0.25, 0.3) is 27.7 Å². The molecule has 1 aliphatic heterocycles. The van der Waals surface area contributed by atoms with Crippen molar-refractivity contribution in [3.05, 3.63) is 76.3 Å². The molecular weight excluding hydrogens is 470 g/mol. The van der Waals surface area contributed by atoms with E-state index >= 15 is 0 Å². The number of hydrogen-bond donors (Lipinski definition) is 2. The zero-order valence-electron chi connectivity index (χ0n) is 19.3. The molecule has 3 heterocycles. The summed E-state index contributed by atoms with van der Waals surface area (Å²) in [7, 11) is -0.135. The average Bonchev–Trinajstić information content (AvgIpc) is 3.13. The van der Waals surface area contributed by atoms with Gasteiger partial charge >= 0.3 is 5.97 Å². The van der Waals surface area contributed by atoms with Gasteiger partial charge in [0.2, 0.25) is 0 Å². The minimum atomic E-state index is -3.29. The summed E-state index contributed by atoms with van der Waals surface area (Å²) in [4.78, 5) is 25.8. The molecule has 1 unspecified atom stereocenters. The van der Waals surface area contributed by atoms with Crippen molar-refractivity contribution in [3.8, 4) is 22.6 Å². The third-order valence-electron chi connectivity index (χ3n) is 6.16. The Balaban J connectivity index is 1.91. The topological polar surface area (TPSA) is 120 Å². The van der Waals surface area contributed by atoms with E-state index in [9.17, 15) is 23.1 Å². The largest absolute Gasteiger partial charge is 0.495 e. The number of aromatic nitrogens is 2. The fourth-order valence-electron chi connectivity index (χ4n) is 4.70. The zero-order chi connectivity index (χ0) is 25.1. The maximum Gasteiger partial charge on any atom is 0.330 e. The molecule has 2 aromatic carbocycles. The van der Waals surface area contributed by atoms with Gasteiger partial charge in [0.25, 0.3) is 5.56 Å². The first-order valence-electron chi connectivity index (χ1n) is 10.8. The standard InChI is InChI=1S/C25H23N3O6S/c1-27-11-16-15-10-14(13-35(3,32)33)8-9-18(15)26-22(25(30)31)17-12-28(23(21(16)17)24(27)29)19-6-4-5-7-20(19)34-2/h4-12,22,26H,13H2,1-3H3,(H,30,31). The number of anilines is 1. The number of carbonyl (C=O) groups is 1. The van der Waals surface area contributed by atoms with Crippen LogP contribution in [-0.2, 0) is 27.4 Å². The summed E-state index contributed by atoms with van der Waals surface area (Å²) in [5.74, 6) is -0.744. The molecule has 2 aromatic heterocycles. The maximum atomic E-state index is 13.4. The van der Waals surface area contributed by atoms with Gasteiger partial charge in [0.05, 0.1) is 18.6 Å². The molecule has 1 aliphatic rings. The first kappa shape index (κ1) is 22.7. The minimum absolute atomic E-state index is 0.160. The maximum absolute atomic E-state index is 13.4. The predicted octanol–water partition coefficient (Wildman–Crippen LogP) is 3.10. The van der Waals surface area contributed by atoms with Gasteiger partial charge in [-0.2, -0.15) is 0 Å². The number of sulfone groups is 1. The van der Waals surface area contributed by atoms with Gasteiger partial charge in [-0.15, -0.1) is 0 Å². The lowest BCUT2D eigenvalue weighted by atomic mass is 9.98. The number of aryl methyl sites for hydroxylation is 1. The van der Waals surface area contributed by atoms with Gasteiger partial charge in [0, 0.05) is 53.5 Å². The quantitative estimate of drug-likeness (QED) is 0.438. The molecule has 0 amide bonds. The Labute approximate surface area is 201 Å². The number of hydrogen-bond acceptors (Lipinski definition) is 6. The SMILES string of the molecule is COc1ccccc1-n1cc2c3c(cn(C)c(=O)c31)-c1cc(CS(C)(=O)=O)ccc1NC2C(=O)O. The number of benzene rings is 2. The molecule has 5 rings (SSSR count). The number of carboxylic acids is 1. The van der Waals surface area contributed by atoms with Gasteiger partial charge in [-0.05, 0) is 29.8 Å². The Morgan fingerprint density at radius 2 is 1.89 bits per heavy atom. The number of nitrogens with one attached hydrogen (secondary N) is 1. The first-order chi connectivity index (χ1) is 16.6. The second-order valence-electron chi connectivity index (χ2n) is 8.67. The molecule has 2 N–H and O–H groups in total. The highest BCUT2D eigenvalue weighted by Gasteiger charge is 2.32. The van der Waals surface area contributed by atoms with Gasteiger partial charge in [-0.25, -0.2) is 13.2 Å². The molecule has 0 spiro atoms. The zero-order valence-corrected chi connectivity index (χ0v) is 20.1. The lowest BCUT2D eigenvalue weighted by molar-refractivity contribution is -0.138. The Hall–Kier alpha value is -4.05. The van der Waals surface area contributed by atoms with Crippen molar-refractivity contribution in [1.82, 2.24) is 9.13 Å². The lowest BCUT2D eigenvalue weighted by Crippen LogP contribution is -2.19. The molecule has 1 atom stereocenters. The number of nitrogens with zero attached hydrogens (tertiary/aromatic N) is 2. The Bertz CT molecular complexity index is 1680. The molecule has 10 heteroatoms. The summed E-state index contributed by atoms with van der Waals surface area (Å²) in [6, 6.07) is 11.1. The molecule has 4 aromatic rings. The van der Waals surface area contributed by atoms with Crippen molar-refractivity contribution >= 4 is 32.4 Å². The molecule has 35 heavy (non-hydrogen) atoms. The van der Waals surface area contributed by atoms with Crippen LogP contribution in [0.4, 0.5) is 5.69 Å². The molecule has 0 aliphatic carbocycles. The third-order valence-corrected chi connectivity index (χ3v) is 7.01. The lowest BCUT2D eigenvalue weighted by Gasteiger charge is -2.17. The fourth-order valence-corrected chi connectivity index (χ4v) is 5.49. The Morgan fingerprint density at radius 3 is 2.57 bits per heavy atom. The van der Waals surface area contributed by atoms with Gasteiger partial charge in [0.15, 0.2) is 15.9 Å². The van der Waals surface area contributed by atoms with Gasteiger partial charge in [-0.1, -0.05) is 18.2 Å². The number of pyridine rings is 1. The molecule has 0 radical (unpaired) electrons. The van der Waals surface area contributed by atoms with E-state index in [-0.39, 0.29) is 11.3 Å². The predicted molar refractivity (Wildman–Crippen MR) is 133 cm³/mol. The summed E-state index contributed by atoms with van der Waals surface area (Å²) in [6.07, 6.45) is 4.48. The summed E-state index contributed by atoms with van der Waals surface area (Å²) >= 11 is 0. The summed E-state index contributed by atoms with van der Waals surface area (Å²) in [6.45, 7) is 0. The smallest absolute Gasteiger partial charge is 0.330 e. The average molecular weight is 494 g/mol. The van der Waals surface area contributed by atoms with Crippen LogP contribution in [0.3, 0.4) is 0 Å². The molecule has 0 fully saturated rings. The highest BCUT2D eigenvalue weighted by Crippen LogP contribution is 2.43.